The molecule has 0 spiro atoms. The summed E-state index contributed by atoms with van der Waals surface area (Å²) in [5.41, 5.74) is 1.02. The van der Waals surface area contributed by atoms with E-state index in [1.807, 2.05) is 0 Å². The van der Waals surface area contributed by atoms with Crippen molar-refractivity contribution in [3.63, 3.8) is 0 Å². The van der Waals surface area contributed by atoms with Crippen LogP contribution in [0.2, 0.25) is 15.1 Å². The lowest BCUT2D eigenvalue weighted by atomic mass is 10.1. The molecule has 1 aromatic heterocycles. The molecule has 0 fully saturated rings. The number of hydrogen-bond donors (Lipinski definition) is 2. The highest BCUT2D eigenvalue weighted by Gasteiger charge is 2.22. The second-order valence-electron chi connectivity index (χ2n) is 6.16. The van der Waals surface area contributed by atoms with Crippen LogP contribution in [0.3, 0.4) is 0 Å². The zero-order valence-corrected chi connectivity index (χ0v) is 18.6. The number of nitrogens with one attached hydrogen (secondary N) is 2. The Hall–Kier alpha value is -1.51. The zero-order chi connectivity index (χ0) is 20.6. The molecule has 0 aliphatic rings. The van der Waals surface area contributed by atoms with Gasteiger partial charge in [0.15, 0.2) is 0 Å². The van der Waals surface area contributed by atoms with E-state index in [-0.39, 0.29) is 10.9 Å². The van der Waals surface area contributed by atoms with Crippen molar-refractivity contribution in [1.82, 2.24) is 5.32 Å². The molecule has 5 nitrogen and oxygen atoms in total. The summed E-state index contributed by atoms with van der Waals surface area (Å²) >= 11 is 19.8. The van der Waals surface area contributed by atoms with Crippen LogP contribution in [0.15, 0.2) is 36.4 Å². The van der Waals surface area contributed by atoms with Crippen LogP contribution >= 0.6 is 46.1 Å². The summed E-state index contributed by atoms with van der Waals surface area (Å²) in [6, 6.07) is 9.64. The van der Waals surface area contributed by atoms with Gasteiger partial charge in [-0.1, -0.05) is 53.0 Å². The number of sulfonamides is 1. The smallest absolute Gasteiger partial charge is 0.263 e. The van der Waals surface area contributed by atoms with Crippen LogP contribution in [0.25, 0.3) is 10.1 Å². The predicted octanol–water partition coefficient (Wildman–Crippen LogP) is 5.72. The van der Waals surface area contributed by atoms with Gasteiger partial charge in [-0.05, 0) is 30.7 Å². The summed E-state index contributed by atoms with van der Waals surface area (Å²) in [6.07, 6.45) is 1.07. The number of para-hydroxylation sites is 1. The maximum absolute atomic E-state index is 12.8. The van der Waals surface area contributed by atoms with Crippen molar-refractivity contribution < 1.29 is 13.2 Å². The molecule has 3 rings (SSSR count). The highest BCUT2D eigenvalue weighted by molar-refractivity contribution is 7.92. The average molecular weight is 478 g/mol. The third kappa shape index (κ3) is 4.55. The zero-order valence-electron chi connectivity index (χ0n) is 14.7. The highest BCUT2D eigenvalue weighted by Crippen LogP contribution is 2.41. The number of amides is 1. The normalized spacial score (nSPS) is 12.8. The molecule has 2 aromatic carbocycles. The summed E-state index contributed by atoms with van der Waals surface area (Å²) in [4.78, 5) is 13.1. The van der Waals surface area contributed by atoms with Crippen molar-refractivity contribution in [3.05, 3.63) is 61.9 Å². The molecule has 0 radical (unpaired) electrons. The van der Waals surface area contributed by atoms with Crippen LogP contribution in [-0.2, 0) is 10.0 Å². The Balaban J connectivity index is 1.91. The molecule has 0 saturated carbocycles. The second-order valence-corrected chi connectivity index (χ2v) is 10.2. The lowest BCUT2D eigenvalue weighted by Gasteiger charge is -2.18. The SMILES string of the molecule is CC(NC(=O)c1sc2cc(Cl)cc(Cl)c2c1Cl)c1ccccc1NS(C)(=O)=O. The number of carbonyl (C=O) groups excluding carboxylic acids is 1. The molecule has 28 heavy (non-hydrogen) atoms. The molecular formula is C18H15Cl3N2O3S2. The van der Waals surface area contributed by atoms with Gasteiger partial charge in [0, 0.05) is 15.1 Å². The standard InChI is InChI=1S/C18H15Cl3N2O3S2/c1-9(11-5-3-4-6-13(11)23-28(2,25)26)22-18(24)17-16(21)15-12(20)7-10(19)8-14(15)27-17/h3-9,23H,1-2H3,(H,22,24). The van der Waals surface area contributed by atoms with Crippen molar-refractivity contribution in [1.29, 1.82) is 0 Å². The van der Waals surface area contributed by atoms with Crippen molar-refractivity contribution in [2.24, 2.45) is 0 Å². The number of benzene rings is 2. The maximum Gasteiger partial charge on any atom is 0.263 e. The van der Waals surface area contributed by atoms with Gasteiger partial charge >= 0.3 is 0 Å². The Bertz CT molecular complexity index is 1180. The van der Waals surface area contributed by atoms with Crippen molar-refractivity contribution in [2.75, 3.05) is 11.0 Å². The van der Waals surface area contributed by atoms with E-state index in [1.54, 1.807) is 43.3 Å². The van der Waals surface area contributed by atoms with E-state index in [0.29, 0.717) is 36.3 Å². The van der Waals surface area contributed by atoms with Gasteiger partial charge in [-0.2, -0.15) is 0 Å². The Labute approximate surface area is 181 Å². The molecule has 148 valence electrons. The largest absolute Gasteiger partial charge is 0.345 e. The Kier molecular flexibility index (Phi) is 6.12. The lowest BCUT2D eigenvalue weighted by molar-refractivity contribution is 0.0944. The van der Waals surface area contributed by atoms with E-state index in [9.17, 15) is 13.2 Å². The third-order valence-electron chi connectivity index (χ3n) is 3.93. The molecular weight excluding hydrogens is 463 g/mol. The molecule has 0 aliphatic carbocycles. The number of halogens is 3. The fraction of sp³-hybridized carbons (Fsp3) is 0.167. The average Bonchev–Trinajstić information content (AvgIpc) is 2.90. The first-order valence-electron chi connectivity index (χ1n) is 8.01. The van der Waals surface area contributed by atoms with Gasteiger partial charge in [0.05, 0.1) is 28.0 Å². The summed E-state index contributed by atoms with van der Waals surface area (Å²) in [5.74, 6) is -0.389. The number of hydrogen-bond acceptors (Lipinski definition) is 4. The topological polar surface area (TPSA) is 75.3 Å². The van der Waals surface area contributed by atoms with E-state index < -0.39 is 16.1 Å². The van der Waals surface area contributed by atoms with Crippen LogP contribution in [0.5, 0.6) is 0 Å². The first-order chi connectivity index (χ1) is 13.1. The number of rotatable bonds is 5. The minimum absolute atomic E-state index is 0.258. The number of carbonyl (C=O) groups is 1. The quantitative estimate of drug-likeness (QED) is 0.493. The van der Waals surface area contributed by atoms with E-state index in [4.69, 9.17) is 34.8 Å². The van der Waals surface area contributed by atoms with E-state index >= 15 is 0 Å². The molecule has 1 heterocycles. The Morgan fingerprint density at radius 1 is 1.14 bits per heavy atom. The first-order valence-corrected chi connectivity index (χ1v) is 11.9. The molecule has 1 unspecified atom stereocenters. The van der Waals surface area contributed by atoms with Gasteiger partial charge < -0.3 is 5.32 Å². The highest BCUT2D eigenvalue weighted by atomic mass is 35.5. The molecule has 0 aliphatic heterocycles. The van der Waals surface area contributed by atoms with Gasteiger partial charge in [-0.3, -0.25) is 9.52 Å². The molecule has 0 bridgehead atoms. The Morgan fingerprint density at radius 3 is 2.50 bits per heavy atom. The van der Waals surface area contributed by atoms with Gasteiger partial charge in [0.2, 0.25) is 10.0 Å². The van der Waals surface area contributed by atoms with Crippen LogP contribution in [0.1, 0.15) is 28.2 Å². The van der Waals surface area contributed by atoms with Gasteiger partial charge in [-0.25, -0.2) is 8.42 Å². The maximum atomic E-state index is 12.8. The van der Waals surface area contributed by atoms with Gasteiger partial charge in [-0.15, -0.1) is 11.3 Å². The Morgan fingerprint density at radius 2 is 1.82 bits per heavy atom. The minimum Gasteiger partial charge on any atom is -0.345 e. The van der Waals surface area contributed by atoms with Crippen LogP contribution in [-0.4, -0.2) is 20.6 Å². The predicted molar refractivity (Wildman–Crippen MR) is 118 cm³/mol. The van der Waals surface area contributed by atoms with E-state index in [1.165, 1.54) is 11.3 Å². The monoisotopic (exact) mass is 476 g/mol. The van der Waals surface area contributed by atoms with E-state index in [0.717, 1.165) is 6.26 Å². The summed E-state index contributed by atoms with van der Waals surface area (Å²) in [7, 11) is -3.46. The summed E-state index contributed by atoms with van der Waals surface area (Å²) < 4.78 is 26.3. The lowest BCUT2D eigenvalue weighted by Crippen LogP contribution is -2.27. The second kappa shape index (κ2) is 8.08. The summed E-state index contributed by atoms with van der Waals surface area (Å²) in [5, 5.41) is 4.52. The molecule has 0 saturated heterocycles. The van der Waals surface area contributed by atoms with Crippen LogP contribution in [0.4, 0.5) is 5.69 Å². The van der Waals surface area contributed by atoms with Crippen molar-refractivity contribution in [3.8, 4) is 0 Å². The van der Waals surface area contributed by atoms with Gasteiger partial charge in [0.25, 0.3) is 5.91 Å². The van der Waals surface area contributed by atoms with Crippen molar-refractivity contribution in [2.45, 2.75) is 13.0 Å². The summed E-state index contributed by atoms with van der Waals surface area (Å²) in [6.45, 7) is 1.76. The first kappa shape index (κ1) is 21.2. The van der Waals surface area contributed by atoms with E-state index in [2.05, 4.69) is 10.0 Å². The molecule has 10 heteroatoms. The minimum atomic E-state index is -3.46. The number of anilines is 1. The van der Waals surface area contributed by atoms with Crippen LogP contribution in [0, 0.1) is 0 Å². The molecule has 3 aromatic rings. The molecule has 1 atom stereocenters. The number of thiophene rings is 1. The molecule has 2 N–H and O–H groups in total. The van der Waals surface area contributed by atoms with Gasteiger partial charge in [0.1, 0.15) is 4.88 Å². The molecule has 1 amide bonds. The fourth-order valence-corrected chi connectivity index (χ4v) is 5.63. The third-order valence-corrected chi connectivity index (χ3v) is 6.66. The number of fused-ring (bicyclic) bond motifs is 1. The van der Waals surface area contributed by atoms with Crippen LogP contribution < -0.4 is 10.0 Å². The fourth-order valence-electron chi connectivity index (χ4n) is 2.77. The van der Waals surface area contributed by atoms with Crippen molar-refractivity contribution >= 4 is 77.8 Å².